The van der Waals surface area contributed by atoms with E-state index < -0.39 is 10.0 Å². The Balaban J connectivity index is 1.05. The lowest BCUT2D eigenvalue weighted by Crippen LogP contribution is -2.54. The Kier molecular flexibility index (Phi) is 6.22. The average Bonchev–Trinajstić information content (AvgIpc) is 3.48. The molecule has 3 fully saturated rings. The summed E-state index contributed by atoms with van der Waals surface area (Å²) in [4.78, 5) is 25.5. The van der Waals surface area contributed by atoms with Gasteiger partial charge >= 0.3 is 6.09 Å². The monoisotopic (exact) mass is 493 g/mol. The molecular formula is C23H35N5O5S. The van der Waals surface area contributed by atoms with Crippen molar-refractivity contribution in [3.05, 3.63) is 17.5 Å². The van der Waals surface area contributed by atoms with Crippen LogP contribution >= 0.6 is 0 Å². The number of sulfonamides is 1. The summed E-state index contributed by atoms with van der Waals surface area (Å²) in [5, 5.41) is 0. The second kappa shape index (κ2) is 8.91. The van der Waals surface area contributed by atoms with E-state index in [-0.39, 0.29) is 17.8 Å². The number of rotatable bonds is 6. The molecule has 0 aromatic carbocycles. The molecule has 2 saturated heterocycles. The van der Waals surface area contributed by atoms with E-state index >= 15 is 0 Å². The van der Waals surface area contributed by atoms with Crippen molar-refractivity contribution < 1.29 is 22.7 Å². The number of piperidine rings is 1. The van der Waals surface area contributed by atoms with Crippen LogP contribution in [0.2, 0.25) is 0 Å². The van der Waals surface area contributed by atoms with E-state index in [4.69, 9.17) is 14.5 Å². The Hall–Kier alpha value is -1.98. The number of carbonyl (C=O) groups is 1. The minimum atomic E-state index is -3.20. The molecule has 1 saturated carbocycles. The molecule has 1 aliphatic carbocycles. The molecule has 5 rings (SSSR count). The molecule has 11 heteroatoms. The van der Waals surface area contributed by atoms with Crippen LogP contribution in [-0.2, 0) is 32.5 Å². The van der Waals surface area contributed by atoms with Crippen molar-refractivity contribution in [3.8, 4) is 0 Å². The molecule has 1 aromatic rings. The highest BCUT2D eigenvalue weighted by Crippen LogP contribution is 2.39. The van der Waals surface area contributed by atoms with Gasteiger partial charge in [0.2, 0.25) is 16.0 Å². The quantitative estimate of drug-likeness (QED) is 0.589. The lowest BCUT2D eigenvalue weighted by molar-refractivity contribution is -0.0199. The lowest BCUT2D eigenvalue weighted by Gasteiger charge is -2.41. The summed E-state index contributed by atoms with van der Waals surface area (Å²) in [6, 6.07) is 0. The summed E-state index contributed by atoms with van der Waals surface area (Å²) in [6.45, 7) is 8.65. The first-order valence-electron chi connectivity index (χ1n) is 12.2. The van der Waals surface area contributed by atoms with Crippen molar-refractivity contribution in [3.63, 3.8) is 0 Å². The van der Waals surface area contributed by atoms with Crippen LogP contribution < -0.4 is 4.90 Å². The third-order valence-corrected chi connectivity index (χ3v) is 8.91. The van der Waals surface area contributed by atoms with Crippen molar-refractivity contribution in [2.75, 3.05) is 50.5 Å². The third kappa shape index (κ3) is 5.16. The smallest absolute Gasteiger partial charge is 0.410 e. The van der Waals surface area contributed by atoms with Crippen molar-refractivity contribution >= 4 is 22.1 Å². The summed E-state index contributed by atoms with van der Waals surface area (Å²) >= 11 is 0. The zero-order valence-electron chi connectivity index (χ0n) is 20.3. The predicted molar refractivity (Wildman–Crippen MR) is 126 cm³/mol. The van der Waals surface area contributed by atoms with Crippen LogP contribution in [0.3, 0.4) is 0 Å². The van der Waals surface area contributed by atoms with Gasteiger partial charge in [0.25, 0.3) is 0 Å². The number of aromatic nitrogens is 2. The summed E-state index contributed by atoms with van der Waals surface area (Å²) < 4.78 is 36.9. The van der Waals surface area contributed by atoms with Gasteiger partial charge in [0.05, 0.1) is 24.7 Å². The van der Waals surface area contributed by atoms with Crippen LogP contribution in [0.4, 0.5) is 10.7 Å². The van der Waals surface area contributed by atoms with Gasteiger partial charge in [-0.05, 0) is 38.0 Å². The number of hydrogen-bond donors (Lipinski definition) is 0. The molecule has 1 amide bonds. The normalized spacial score (nSPS) is 27.1. The van der Waals surface area contributed by atoms with Crippen molar-refractivity contribution in [2.45, 2.75) is 57.8 Å². The molecule has 4 aliphatic rings. The van der Waals surface area contributed by atoms with Crippen LogP contribution in [-0.4, -0.2) is 91.0 Å². The van der Waals surface area contributed by atoms with Crippen LogP contribution in [0, 0.1) is 11.8 Å². The SMILES string of the molecule is C[C@H]1CN(C(=O)OC2(C)CC2)CC[C@H]1COC1CN(c2ncc3c(n2)CCN(S(C)(=O)=O)C3)C1. The standard InChI is InChI=1S/C23H35N5O5S/c1-16-11-26(22(29)33-23(2)6-7-23)8-4-17(16)15-32-19-13-27(14-19)21-24-10-18-12-28(34(3,30)31)9-5-20(18)25-21/h10,16-17,19H,4-9,11-15H2,1-3H3/t16-,17-/m0/s1. The number of ether oxygens (including phenoxy) is 2. The fraction of sp³-hybridized carbons (Fsp3) is 0.783. The second-order valence-corrected chi connectivity index (χ2v) is 12.6. The number of nitrogens with zero attached hydrogens (tertiary/aromatic N) is 5. The predicted octanol–water partition coefficient (Wildman–Crippen LogP) is 1.65. The van der Waals surface area contributed by atoms with Crippen LogP contribution in [0.5, 0.6) is 0 Å². The zero-order chi connectivity index (χ0) is 24.1. The number of carbonyl (C=O) groups excluding carboxylic acids is 1. The maximum Gasteiger partial charge on any atom is 0.410 e. The summed E-state index contributed by atoms with van der Waals surface area (Å²) in [6.07, 6.45) is 6.45. The van der Waals surface area contributed by atoms with Crippen LogP contribution in [0.15, 0.2) is 6.20 Å². The largest absolute Gasteiger partial charge is 0.443 e. The van der Waals surface area contributed by atoms with E-state index in [9.17, 15) is 13.2 Å². The zero-order valence-corrected chi connectivity index (χ0v) is 21.1. The van der Waals surface area contributed by atoms with E-state index in [0.717, 1.165) is 56.7 Å². The summed E-state index contributed by atoms with van der Waals surface area (Å²) in [5.74, 6) is 1.50. The Morgan fingerprint density at radius 3 is 2.68 bits per heavy atom. The van der Waals surface area contributed by atoms with E-state index in [1.165, 1.54) is 10.6 Å². The van der Waals surface area contributed by atoms with Crippen molar-refractivity contribution in [1.29, 1.82) is 0 Å². The molecule has 0 bridgehead atoms. The van der Waals surface area contributed by atoms with Crippen molar-refractivity contribution in [1.82, 2.24) is 19.2 Å². The Bertz CT molecular complexity index is 1040. The van der Waals surface area contributed by atoms with Crippen LogP contribution in [0.1, 0.15) is 44.4 Å². The first-order valence-corrected chi connectivity index (χ1v) is 14.1. The van der Waals surface area contributed by atoms with Gasteiger partial charge in [0, 0.05) is 57.4 Å². The first kappa shape index (κ1) is 23.7. The lowest BCUT2D eigenvalue weighted by atomic mass is 9.87. The van der Waals surface area contributed by atoms with Crippen LogP contribution in [0.25, 0.3) is 0 Å². The van der Waals surface area contributed by atoms with E-state index in [2.05, 4.69) is 16.8 Å². The minimum Gasteiger partial charge on any atom is -0.443 e. The molecule has 0 spiro atoms. The van der Waals surface area contributed by atoms with Gasteiger partial charge in [-0.3, -0.25) is 0 Å². The Labute approximate surface area is 201 Å². The van der Waals surface area contributed by atoms with Gasteiger partial charge in [-0.15, -0.1) is 0 Å². The summed E-state index contributed by atoms with van der Waals surface area (Å²) in [7, 11) is -3.20. The van der Waals surface area contributed by atoms with Gasteiger partial charge in [-0.2, -0.15) is 4.31 Å². The topological polar surface area (TPSA) is 105 Å². The molecule has 4 heterocycles. The summed E-state index contributed by atoms with van der Waals surface area (Å²) in [5.41, 5.74) is 1.59. The van der Waals surface area contributed by atoms with Gasteiger partial charge in [0.15, 0.2) is 0 Å². The number of anilines is 1. The van der Waals surface area contributed by atoms with Crippen molar-refractivity contribution in [2.24, 2.45) is 11.8 Å². The minimum absolute atomic E-state index is 0.158. The number of likely N-dealkylation sites (tertiary alicyclic amines) is 1. The molecule has 188 valence electrons. The molecule has 10 nitrogen and oxygen atoms in total. The Morgan fingerprint density at radius 1 is 1.24 bits per heavy atom. The van der Waals surface area contributed by atoms with Gasteiger partial charge < -0.3 is 19.3 Å². The maximum atomic E-state index is 12.4. The van der Waals surface area contributed by atoms with E-state index in [1.54, 1.807) is 6.20 Å². The molecule has 0 unspecified atom stereocenters. The average molecular weight is 494 g/mol. The number of hydrogen-bond acceptors (Lipinski definition) is 8. The van der Waals surface area contributed by atoms with Gasteiger partial charge in [-0.1, -0.05) is 6.92 Å². The molecule has 2 atom stereocenters. The molecular weight excluding hydrogens is 458 g/mol. The maximum absolute atomic E-state index is 12.4. The van der Waals surface area contributed by atoms with Gasteiger partial charge in [-0.25, -0.2) is 23.2 Å². The molecule has 0 N–H and O–H groups in total. The number of fused-ring (bicyclic) bond motifs is 1. The third-order valence-electron chi connectivity index (χ3n) is 7.66. The first-order chi connectivity index (χ1) is 16.1. The molecule has 1 aromatic heterocycles. The van der Waals surface area contributed by atoms with Gasteiger partial charge in [0.1, 0.15) is 5.60 Å². The molecule has 34 heavy (non-hydrogen) atoms. The highest BCUT2D eigenvalue weighted by Gasteiger charge is 2.43. The molecule has 0 radical (unpaired) electrons. The fourth-order valence-corrected chi connectivity index (χ4v) is 5.64. The Morgan fingerprint density at radius 2 is 2.00 bits per heavy atom. The highest BCUT2D eigenvalue weighted by atomic mass is 32.2. The van der Waals surface area contributed by atoms with E-state index in [1.807, 2.05) is 11.8 Å². The second-order valence-electron chi connectivity index (χ2n) is 10.6. The highest BCUT2D eigenvalue weighted by molar-refractivity contribution is 7.88. The fourth-order valence-electron chi connectivity index (χ4n) is 4.84. The van der Waals surface area contributed by atoms with E-state index in [0.29, 0.717) is 43.9 Å². The molecule has 3 aliphatic heterocycles. The number of amides is 1.